The smallest absolute Gasteiger partial charge is 0.0991 e. The molecule has 0 aliphatic carbocycles. The average Bonchev–Trinajstić information content (AvgIpc) is 2.75. The van der Waals surface area contributed by atoms with Gasteiger partial charge in [-0.3, -0.25) is 0 Å². The fourth-order valence-corrected chi connectivity index (χ4v) is 3.28. The number of nitrogens with one attached hydrogen (secondary N) is 1. The van der Waals surface area contributed by atoms with Crippen molar-refractivity contribution >= 4 is 10.9 Å². The molecule has 3 heteroatoms. The Hall–Kier alpha value is -2.57. The minimum Gasteiger partial charge on any atom is -0.343 e. The molecule has 2 heterocycles. The highest BCUT2D eigenvalue weighted by Gasteiger charge is 2.12. The van der Waals surface area contributed by atoms with Crippen LogP contribution in [0.1, 0.15) is 11.3 Å². The summed E-state index contributed by atoms with van der Waals surface area (Å²) in [6, 6.07) is 18.9. The van der Waals surface area contributed by atoms with E-state index in [-0.39, 0.29) is 0 Å². The van der Waals surface area contributed by atoms with Gasteiger partial charge in [0.15, 0.2) is 0 Å². The van der Waals surface area contributed by atoms with Crippen molar-refractivity contribution in [2.75, 3.05) is 13.1 Å². The summed E-state index contributed by atoms with van der Waals surface area (Å²) in [4.78, 5) is 0. The largest absolute Gasteiger partial charge is 0.343 e. The molecule has 3 aromatic rings. The number of nitrogens with zero attached hydrogens (tertiary/aromatic N) is 2. The van der Waals surface area contributed by atoms with E-state index in [0.29, 0.717) is 5.56 Å². The van der Waals surface area contributed by atoms with Gasteiger partial charge in [0.25, 0.3) is 0 Å². The predicted octanol–water partition coefficient (Wildman–Crippen LogP) is 3.33. The molecule has 3 nitrogen and oxygen atoms in total. The van der Waals surface area contributed by atoms with Crippen LogP contribution in [0.2, 0.25) is 0 Å². The second kappa shape index (κ2) is 5.32. The Balaban J connectivity index is 1.83. The van der Waals surface area contributed by atoms with E-state index in [1.807, 2.05) is 18.2 Å². The van der Waals surface area contributed by atoms with Crippen molar-refractivity contribution in [3.05, 3.63) is 59.8 Å². The molecule has 1 aliphatic rings. The number of hydrogen-bond acceptors (Lipinski definition) is 2. The van der Waals surface area contributed by atoms with Crippen molar-refractivity contribution in [3.8, 4) is 17.2 Å². The summed E-state index contributed by atoms with van der Waals surface area (Å²) >= 11 is 0. The monoisotopic (exact) mass is 287 g/mol. The molecule has 4 rings (SSSR count). The van der Waals surface area contributed by atoms with Gasteiger partial charge in [-0.1, -0.05) is 18.2 Å². The normalized spacial score (nSPS) is 14.3. The maximum absolute atomic E-state index is 9.06. The van der Waals surface area contributed by atoms with Crippen molar-refractivity contribution < 1.29 is 0 Å². The van der Waals surface area contributed by atoms with Crippen molar-refractivity contribution in [2.24, 2.45) is 0 Å². The lowest BCUT2D eigenvalue weighted by molar-refractivity contribution is 0.658. The third kappa shape index (κ3) is 2.18. The zero-order chi connectivity index (χ0) is 14.9. The summed E-state index contributed by atoms with van der Waals surface area (Å²) in [5.41, 5.74) is 5.69. The van der Waals surface area contributed by atoms with Gasteiger partial charge in [-0.15, -0.1) is 0 Å². The van der Waals surface area contributed by atoms with Gasteiger partial charge < -0.3 is 9.88 Å². The lowest BCUT2D eigenvalue weighted by atomic mass is 10.0. The molecule has 0 spiro atoms. The van der Waals surface area contributed by atoms with E-state index in [9.17, 15) is 0 Å². The molecule has 0 saturated carbocycles. The molecule has 2 aromatic carbocycles. The lowest BCUT2D eigenvalue weighted by Gasteiger charge is -2.07. The summed E-state index contributed by atoms with van der Waals surface area (Å²) in [6.45, 7) is 3.11. The fourth-order valence-electron chi connectivity index (χ4n) is 3.28. The van der Waals surface area contributed by atoms with Crippen LogP contribution < -0.4 is 5.32 Å². The molecule has 22 heavy (non-hydrogen) atoms. The molecule has 0 bridgehead atoms. The molecular formula is C19H17N3. The van der Waals surface area contributed by atoms with E-state index < -0.39 is 0 Å². The van der Waals surface area contributed by atoms with Gasteiger partial charge in [0, 0.05) is 42.7 Å². The topological polar surface area (TPSA) is 40.8 Å². The van der Waals surface area contributed by atoms with Crippen LogP contribution in [0.3, 0.4) is 0 Å². The standard InChI is InChI=1S/C19H17N3/c20-13-14-2-1-3-15(10-14)16-4-5-19-17(11-16)12-18-6-7-21-8-9-22(18)19/h1-5,10-12,21H,6-9H2. The highest BCUT2D eigenvalue weighted by molar-refractivity contribution is 5.86. The molecule has 0 atom stereocenters. The molecule has 1 aromatic heterocycles. The van der Waals surface area contributed by atoms with Gasteiger partial charge in [-0.25, -0.2) is 0 Å². The van der Waals surface area contributed by atoms with Crippen molar-refractivity contribution in [1.82, 2.24) is 9.88 Å². The molecule has 108 valence electrons. The summed E-state index contributed by atoms with van der Waals surface area (Å²) in [5.74, 6) is 0. The van der Waals surface area contributed by atoms with Gasteiger partial charge in [-0.2, -0.15) is 5.26 Å². The van der Waals surface area contributed by atoms with Crippen molar-refractivity contribution in [2.45, 2.75) is 13.0 Å². The summed E-state index contributed by atoms with van der Waals surface area (Å²) in [7, 11) is 0. The molecule has 0 unspecified atom stereocenters. The first-order valence-corrected chi connectivity index (χ1v) is 7.68. The average molecular weight is 287 g/mol. The second-order valence-electron chi connectivity index (χ2n) is 5.75. The quantitative estimate of drug-likeness (QED) is 0.746. The van der Waals surface area contributed by atoms with Crippen LogP contribution in [0.15, 0.2) is 48.5 Å². The first-order chi connectivity index (χ1) is 10.8. The van der Waals surface area contributed by atoms with Gasteiger partial charge in [0.2, 0.25) is 0 Å². The van der Waals surface area contributed by atoms with Gasteiger partial charge in [-0.05, 0) is 41.5 Å². The minimum absolute atomic E-state index is 0.705. The van der Waals surface area contributed by atoms with E-state index >= 15 is 0 Å². The third-order valence-electron chi connectivity index (χ3n) is 4.38. The number of nitriles is 1. The molecular weight excluding hydrogens is 270 g/mol. The lowest BCUT2D eigenvalue weighted by Crippen LogP contribution is -2.17. The zero-order valence-electron chi connectivity index (χ0n) is 12.3. The van der Waals surface area contributed by atoms with E-state index in [4.69, 9.17) is 5.26 Å². The Bertz CT molecular complexity index is 883. The predicted molar refractivity (Wildman–Crippen MR) is 88.7 cm³/mol. The Morgan fingerprint density at radius 1 is 1.00 bits per heavy atom. The van der Waals surface area contributed by atoms with Crippen LogP contribution in [0, 0.1) is 11.3 Å². The number of aromatic nitrogens is 1. The molecule has 1 N–H and O–H groups in total. The Kier molecular flexibility index (Phi) is 3.17. The van der Waals surface area contributed by atoms with Crippen molar-refractivity contribution in [1.29, 1.82) is 5.26 Å². The van der Waals surface area contributed by atoms with Crippen LogP contribution >= 0.6 is 0 Å². The zero-order valence-corrected chi connectivity index (χ0v) is 12.3. The van der Waals surface area contributed by atoms with Crippen LogP contribution in [0.4, 0.5) is 0 Å². The Labute approximate surface area is 129 Å². The molecule has 0 radical (unpaired) electrons. The maximum atomic E-state index is 9.06. The number of fused-ring (bicyclic) bond motifs is 3. The Morgan fingerprint density at radius 3 is 2.82 bits per heavy atom. The maximum Gasteiger partial charge on any atom is 0.0991 e. The second-order valence-corrected chi connectivity index (χ2v) is 5.75. The van der Waals surface area contributed by atoms with Crippen LogP contribution in [0.5, 0.6) is 0 Å². The SMILES string of the molecule is N#Cc1cccc(-c2ccc3c(c2)cc2n3CCNCC2)c1. The fraction of sp³-hybridized carbons (Fsp3) is 0.211. The molecule has 0 saturated heterocycles. The first kappa shape index (κ1) is 13.1. The minimum atomic E-state index is 0.705. The van der Waals surface area contributed by atoms with Gasteiger partial charge in [0.1, 0.15) is 0 Å². The molecule has 1 aliphatic heterocycles. The summed E-state index contributed by atoms with van der Waals surface area (Å²) < 4.78 is 2.42. The summed E-state index contributed by atoms with van der Waals surface area (Å²) in [6.07, 6.45) is 1.08. The molecule has 0 fully saturated rings. The number of rotatable bonds is 1. The van der Waals surface area contributed by atoms with E-state index in [0.717, 1.165) is 31.6 Å². The highest BCUT2D eigenvalue weighted by atomic mass is 15.0. The third-order valence-corrected chi connectivity index (χ3v) is 4.38. The first-order valence-electron chi connectivity index (χ1n) is 7.68. The highest BCUT2D eigenvalue weighted by Crippen LogP contribution is 2.28. The van der Waals surface area contributed by atoms with Gasteiger partial charge in [0.05, 0.1) is 11.6 Å². The van der Waals surface area contributed by atoms with Crippen LogP contribution in [0.25, 0.3) is 22.0 Å². The Morgan fingerprint density at radius 2 is 1.91 bits per heavy atom. The van der Waals surface area contributed by atoms with E-state index in [1.165, 1.54) is 22.2 Å². The van der Waals surface area contributed by atoms with Crippen molar-refractivity contribution in [3.63, 3.8) is 0 Å². The van der Waals surface area contributed by atoms with E-state index in [2.05, 4.69) is 46.3 Å². The van der Waals surface area contributed by atoms with Crippen LogP contribution in [-0.4, -0.2) is 17.7 Å². The number of benzene rings is 2. The van der Waals surface area contributed by atoms with E-state index in [1.54, 1.807) is 0 Å². The number of hydrogen-bond donors (Lipinski definition) is 1. The summed E-state index contributed by atoms with van der Waals surface area (Å²) in [5, 5.41) is 13.8. The van der Waals surface area contributed by atoms with Gasteiger partial charge >= 0.3 is 0 Å². The van der Waals surface area contributed by atoms with Crippen LogP contribution in [-0.2, 0) is 13.0 Å². The molecule has 0 amide bonds.